The molecule has 0 unspecified atom stereocenters. The third kappa shape index (κ3) is 4.43. The molecular weight excluding hydrogens is 317 g/mol. The molecule has 3 aromatic rings. The van der Waals surface area contributed by atoms with Gasteiger partial charge < -0.3 is 14.6 Å². The van der Waals surface area contributed by atoms with Gasteiger partial charge in [0, 0.05) is 24.2 Å². The van der Waals surface area contributed by atoms with Crippen LogP contribution in [0.3, 0.4) is 0 Å². The fraction of sp³-hybridized carbons (Fsp3) is 0.118. The van der Waals surface area contributed by atoms with E-state index in [1.54, 1.807) is 12.4 Å². The van der Waals surface area contributed by atoms with Gasteiger partial charge in [0.25, 0.3) is 0 Å². The minimum atomic E-state index is -1.27. The van der Waals surface area contributed by atoms with Crippen LogP contribution in [-0.4, -0.2) is 26.9 Å². The molecule has 3 aromatic heterocycles. The second-order valence-corrected chi connectivity index (χ2v) is 4.69. The zero-order valence-corrected chi connectivity index (χ0v) is 15.1. The van der Waals surface area contributed by atoms with Crippen LogP contribution in [0, 0.1) is 11.8 Å². The topological polar surface area (TPSA) is 79.5 Å². The fourth-order valence-electron chi connectivity index (χ4n) is 2.08. The number of nitrogens with zero attached hydrogens (tertiary/aromatic N) is 3. The van der Waals surface area contributed by atoms with Crippen LogP contribution in [-0.2, 0) is 16.1 Å². The van der Waals surface area contributed by atoms with Crippen molar-refractivity contribution in [2.45, 2.75) is 6.61 Å². The predicted octanol–water partition coefficient (Wildman–Crippen LogP) is -2.60. The van der Waals surface area contributed by atoms with E-state index >= 15 is 0 Å². The number of aliphatic carboxylic acids is 1. The Morgan fingerprint density at radius 1 is 1.25 bits per heavy atom. The van der Waals surface area contributed by atoms with Gasteiger partial charge in [-0.05, 0) is 30.2 Å². The fourth-order valence-corrected chi connectivity index (χ4v) is 2.08. The molecule has 3 heterocycles. The third-order valence-electron chi connectivity index (χ3n) is 3.05. The Morgan fingerprint density at radius 2 is 2.12 bits per heavy atom. The maximum absolute atomic E-state index is 10.5. The molecule has 0 aliphatic carbocycles. The summed E-state index contributed by atoms with van der Waals surface area (Å²) in [6.45, 7) is -0.434. The van der Waals surface area contributed by atoms with Crippen molar-refractivity contribution >= 4 is 11.6 Å². The molecule has 6 nitrogen and oxygen atoms in total. The number of imidazole rings is 1. The molecule has 0 saturated carbocycles. The van der Waals surface area contributed by atoms with Gasteiger partial charge in [-0.2, -0.15) is 0 Å². The third-order valence-corrected chi connectivity index (χ3v) is 3.05. The number of aromatic nitrogens is 3. The summed E-state index contributed by atoms with van der Waals surface area (Å²) in [5.74, 6) is 4.81. The van der Waals surface area contributed by atoms with Crippen LogP contribution in [0.15, 0.2) is 48.9 Å². The zero-order chi connectivity index (χ0) is 16.1. The molecule has 0 spiro atoms. The van der Waals surface area contributed by atoms with Crippen molar-refractivity contribution in [1.82, 2.24) is 14.4 Å². The van der Waals surface area contributed by atoms with E-state index in [1.165, 1.54) is 0 Å². The summed E-state index contributed by atoms with van der Waals surface area (Å²) in [6, 6.07) is 9.25. The number of pyridine rings is 2. The largest absolute Gasteiger partial charge is 1.00 e. The summed E-state index contributed by atoms with van der Waals surface area (Å²) in [7, 11) is 0. The zero-order valence-electron chi connectivity index (χ0n) is 13.1. The molecule has 114 valence electrons. The van der Waals surface area contributed by atoms with Gasteiger partial charge in [0.2, 0.25) is 0 Å². The first-order chi connectivity index (χ1) is 11.2. The van der Waals surface area contributed by atoms with Crippen molar-refractivity contribution in [2.75, 3.05) is 6.61 Å². The van der Waals surface area contributed by atoms with Crippen LogP contribution >= 0.6 is 0 Å². The SMILES string of the molecule is O=C([O-])COCc1nc2ccccn2c1C#Cc1cccnc1.[Na+]. The molecule has 0 saturated heterocycles. The summed E-state index contributed by atoms with van der Waals surface area (Å²) in [6.07, 6.45) is 5.19. The van der Waals surface area contributed by atoms with Crippen LogP contribution < -0.4 is 34.7 Å². The second kappa shape index (κ2) is 8.62. The number of carbonyl (C=O) groups is 1. The Bertz CT molecular complexity index is 898. The Balaban J connectivity index is 0.00000208. The second-order valence-electron chi connectivity index (χ2n) is 4.69. The normalized spacial score (nSPS) is 9.83. The number of rotatable bonds is 4. The number of carbonyl (C=O) groups excluding carboxylic acids is 1. The summed E-state index contributed by atoms with van der Waals surface area (Å²) in [5, 5.41) is 10.5. The van der Waals surface area contributed by atoms with E-state index in [0.29, 0.717) is 11.4 Å². The number of hydrogen-bond donors (Lipinski definition) is 0. The number of carboxylic acids is 1. The molecule has 0 aromatic carbocycles. The average molecular weight is 329 g/mol. The molecule has 24 heavy (non-hydrogen) atoms. The van der Waals surface area contributed by atoms with Crippen molar-refractivity contribution in [1.29, 1.82) is 0 Å². The van der Waals surface area contributed by atoms with Gasteiger partial charge in [0.15, 0.2) is 0 Å². The van der Waals surface area contributed by atoms with Crippen LogP contribution in [0.2, 0.25) is 0 Å². The molecule has 3 rings (SSSR count). The molecule has 7 heteroatoms. The standard InChI is InChI=1S/C17H13N3O3.Na/c21-17(22)12-23-11-14-15(7-6-13-4-3-8-18-10-13)20-9-2-1-5-16(20)19-14;/h1-5,8-10H,11-12H2,(H,21,22);/q;+1/p-1. The van der Waals surface area contributed by atoms with Gasteiger partial charge in [-0.1, -0.05) is 12.0 Å². The summed E-state index contributed by atoms with van der Waals surface area (Å²) >= 11 is 0. The van der Waals surface area contributed by atoms with Gasteiger partial charge in [-0.3, -0.25) is 9.38 Å². The number of fused-ring (bicyclic) bond motifs is 1. The summed E-state index contributed by atoms with van der Waals surface area (Å²) < 4.78 is 6.92. The smallest absolute Gasteiger partial charge is 0.548 e. The van der Waals surface area contributed by atoms with E-state index < -0.39 is 12.6 Å². The van der Waals surface area contributed by atoms with E-state index in [-0.39, 0.29) is 36.2 Å². The van der Waals surface area contributed by atoms with Crippen molar-refractivity contribution in [3.05, 3.63) is 65.9 Å². The molecule has 0 amide bonds. The van der Waals surface area contributed by atoms with Crippen LogP contribution in [0.1, 0.15) is 17.0 Å². The van der Waals surface area contributed by atoms with Gasteiger partial charge in [0.05, 0.1) is 19.2 Å². The molecule has 0 bridgehead atoms. The van der Waals surface area contributed by atoms with Gasteiger partial charge in [-0.25, -0.2) is 4.98 Å². The molecule has 0 aliphatic heterocycles. The Hall–Kier alpha value is -2.17. The first kappa shape index (κ1) is 18.2. The first-order valence-corrected chi connectivity index (χ1v) is 6.89. The summed E-state index contributed by atoms with van der Waals surface area (Å²) in [4.78, 5) is 18.9. The Kier molecular flexibility index (Phi) is 6.53. The number of carboxylic acid groups (broad SMARTS) is 1. The minimum Gasteiger partial charge on any atom is -0.548 e. The molecular formula is C17H12N3NaO3. The van der Waals surface area contributed by atoms with Crippen molar-refractivity contribution in [2.24, 2.45) is 0 Å². The van der Waals surface area contributed by atoms with Crippen molar-refractivity contribution in [3.8, 4) is 11.8 Å². The summed E-state index contributed by atoms with van der Waals surface area (Å²) in [5.41, 5.74) is 2.73. The van der Waals surface area contributed by atoms with E-state index in [9.17, 15) is 9.90 Å². The van der Waals surface area contributed by atoms with Crippen molar-refractivity contribution < 1.29 is 44.2 Å². The quantitative estimate of drug-likeness (QED) is 0.387. The first-order valence-electron chi connectivity index (χ1n) is 6.89. The molecule has 0 radical (unpaired) electrons. The number of ether oxygens (including phenoxy) is 1. The van der Waals surface area contributed by atoms with E-state index in [4.69, 9.17) is 4.74 Å². The van der Waals surface area contributed by atoms with Crippen LogP contribution in [0.5, 0.6) is 0 Å². The van der Waals surface area contributed by atoms with Crippen LogP contribution in [0.4, 0.5) is 0 Å². The van der Waals surface area contributed by atoms with Crippen molar-refractivity contribution in [3.63, 3.8) is 0 Å². The van der Waals surface area contributed by atoms with E-state index in [0.717, 1.165) is 11.2 Å². The Labute approximate surface area is 160 Å². The molecule has 0 aliphatic rings. The monoisotopic (exact) mass is 329 g/mol. The predicted molar refractivity (Wildman–Crippen MR) is 80.1 cm³/mol. The Morgan fingerprint density at radius 3 is 2.88 bits per heavy atom. The molecule has 0 atom stereocenters. The molecule has 0 N–H and O–H groups in total. The van der Waals surface area contributed by atoms with E-state index in [2.05, 4.69) is 21.8 Å². The minimum absolute atomic E-state index is 0. The number of hydrogen-bond acceptors (Lipinski definition) is 5. The van der Waals surface area contributed by atoms with Gasteiger partial charge in [0.1, 0.15) is 17.0 Å². The van der Waals surface area contributed by atoms with Gasteiger partial charge in [-0.15, -0.1) is 0 Å². The van der Waals surface area contributed by atoms with Gasteiger partial charge >= 0.3 is 29.6 Å². The van der Waals surface area contributed by atoms with Crippen LogP contribution in [0.25, 0.3) is 5.65 Å². The maximum atomic E-state index is 10.5. The average Bonchev–Trinajstić information content (AvgIpc) is 2.91. The van der Waals surface area contributed by atoms with E-state index in [1.807, 2.05) is 40.9 Å². The molecule has 0 fully saturated rings. The maximum Gasteiger partial charge on any atom is 1.00 e.